The van der Waals surface area contributed by atoms with Crippen molar-refractivity contribution in [2.24, 2.45) is 0 Å². The molecule has 3 rings (SSSR count). The highest BCUT2D eigenvalue weighted by molar-refractivity contribution is 5.75. The molecule has 143 valence electrons. The topological polar surface area (TPSA) is 32.3 Å². The Morgan fingerprint density at radius 1 is 0.593 bits per heavy atom. The highest BCUT2D eigenvalue weighted by Crippen LogP contribution is 2.17. The number of aliphatic hydroxyl groups excluding tert-OH is 1. The van der Waals surface area contributed by atoms with Gasteiger partial charge in [-0.1, -0.05) is 81.9 Å². The smallest absolute Gasteiger partial charge is 0.0384 e. The van der Waals surface area contributed by atoms with Crippen LogP contribution in [-0.4, -0.2) is 20.6 Å². The zero-order valence-electron chi connectivity index (χ0n) is 16.0. The molecule has 0 aromatic heterocycles. The fourth-order valence-corrected chi connectivity index (χ4v) is 2.38. The average molecular weight is 362 g/mol. The Hall–Kier alpha value is -2.52. The summed E-state index contributed by atoms with van der Waals surface area (Å²) >= 11 is 0. The van der Waals surface area contributed by atoms with E-state index in [0.717, 1.165) is 31.3 Å². The lowest BCUT2D eigenvalue weighted by Gasteiger charge is -2.07. The SMILES string of the molecule is C.CC.CO.[B].c1ccc(CCc2ccc(Nc3ccccc3)cc2)cc1. The minimum absolute atomic E-state index is 0. The molecule has 0 unspecified atom stereocenters. The largest absolute Gasteiger partial charge is 0.400 e. The molecule has 3 aromatic carbocycles. The summed E-state index contributed by atoms with van der Waals surface area (Å²) in [5.74, 6) is 0. The summed E-state index contributed by atoms with van der Waals surface area (Å²) in [4.78, 5) is 0. The van der Waals surface area contributed by atoms with Gasteiger partial charge in [0.05, 0.1) is 0 Å². The van der Waals surface area contributed by atoms with Crippen LogP contribution >= 0.6 is 0 Å². The second-order valence-electron chi connectivity index (χ2n) is 5.17. The summed E-state index contributed by atoms with van der Waals surface area (Å²) in [7, 11) is 1.00. The number of aliphatic hydroxyl groups is 1. The third-order valence-corrected chi connectivity index (χ3v) is 3.56. The van der Waals surface area contributed by atoms with Crippen LogP contribution in [0.2, 0.25) is 0 Å². The summed E-state index contributed by atoms with van der Waals surface area (Å²) < 4.78 is 0. The molecular weight excluding hydrogens is 329 g/mol. The second kappa shape index (κ2) is 16.9. The molecule has 27 heavy (non-hydrogen) atoms. The fourth-order valence-electron chi connectivity index (χ4n) is 2.38. The van der Waals surface area contributed by atoms with Gasteiger partial charge in [0.2, 0.25) is 0 Å². The molecule has 3 heteroatoms. The van der Waals surface area contributed by atoms with Gasteiger partial charge < -0.3 is 10.4 Å². The highest BCUT2D eigenvalue weighted by atomic mass is 16.2. The van der Waals surface area contributed by atoms with Gasteiger partial charge in [0, 0.05) is 26.9 Å². The van der Waals surface area contributed by atoms with E-state index in [2.05, 4.69) is 72.0 Å². The number of rotatable bonds is 5. The maximum absolute atomic E-state index is 7.00. The van der Waals surface area contributed by atoms with Gasteiger partial charge in [-0.25, -0.2) is 0 Å². The van der Waals surface area contributed by atoms with Crippen LogP contribution < -0.4 is 5.32 Å². The Bertz CT molecular complexity index is 670. The summed E-state index contributed by atoms with van der Waals surface area (Å²) in [5.41, 5.74) is 5.01. The molecule has 3 aromatic rings. The molecule has 0 spiro atoms. The van der Waals surface area contributed by atoms with Crippen LogP contribution in [-0.2, 0) is 12.8 Å². The normalized spacial score (nSPS) is 8.44. The predicted octanol–water partition coefficient (Wildman–Crippen LogP) is 6.11. The van der Waals surface area contributed by atoms with Crippen molar-refractivity contribution >= 4 is 19.8 Å². The molecule has 0 heterocycles. The van der Waals surface area contributed by atoms with Crippen molar-refractivity contribution in [2.75, 3.05) is 12.4 Å². The zero-order valence-corrected chi connectivity index (χ0v) is 16.0. The monoisotopic (exact) mass is 362 g/mol. The Morgan fingerprint density at radius 2 is 0.963 bits per heavy atom. The van der Waals surface area contributed by atoms with Crippen molar-refractivity contribution in [1.82, 2.24) is 0 Å². The molecule has 0 aliphatic rings. The highest BCUT2D eigenvalue weighted by Gasteiger charge is 1.97. The van der Waals surface area contributed by atoms with Crippen molar-refractivity contribution in [2.45, 2.75) is 34.1 Å². The van der Waals surface area contributed by atoms with E-state index in [9.17, 15) is 0 Å². The van der Waals surface area contributed by atoms with Gasteiger partial charge in [0.1, 0.15) is 0 Å². The Labute approximate surface area is 167 Å². The summed E-state index contributed by atoms with van der Waals surface area (Å²) in [6.07, 6.45) is 2.17. The van der Waals surface area contributed by atoms with Crippen LogP contribution in [0.5, 0.6) is 0 Å². The van der Waals surface area contributed by atoms with Gasteiger partial charge in [0.15, 0.2) is 0 Å². The van der Waals surface area contributed by atoms with Gasteiger partial charge in [0.25, 0.3) is 0 Å². The zero-order chi connectivity index (χ0) is 18.3. The first-order valence-corrected chi connectivity index (χ1v) is 8.80. The minimum atomic E-state index is 0. The standard InChI is InChI=1S/C20H19N.C2H6.CH4O.CH4.B/c1-3-7-17(8-4-1)11-12-18-13-15-20(16-14-18)21-19-9-5-2-6-10-19;2*1-2;;/h1-10,13-16,21H,11-12H2;1-2H3;2H,1H3;1H4;. The fraction of sp³-hybridized carbons (Fsp3) is 0.250. The van der Waals surface area contributed by atoms with Crippen molar-refractivity contribution in [1.29, 1.82) is 0 Å². The Morgan fingerprint density at radius 3 is 1.44 bits per heavy atom. The Balaban J connectivity index is 0. The molecule has 0 aliphatic carbocycles. The van der Waals surface area contributed by atoms with Crippen LogP contribution in [0.3, 0.4) is 0 Å². The van der Waals surface area contributed by atoms with Crippen LogP contribution in [0.4, 0.5) is 11.4 Å². The summed E-state index contributed by atoms with van der Waals surface area (Å²) in [6, 6.07) is 29.6. The lowest BCUT2D eigenvalue weighted by molar-refractivity contribution is 0.399. The number of aryl methyl sites for hydroxylation is 2. The molecule has 0 aliphatic heterocycles. The lowest BCUT2D eigenvalue weighted by Crippen LogP contribution is -1.93. The number of hydrogen-bond donors (Lipinski definition) is 2. The van der Waals surface area contributed by atoms with Crippen LogP contribution in [0, 0.1) is 0 Å². The number of benzene rings is 3. The van der Waals surface area contributed by atoms with E-state index < -0.39 is 0 Å². The van der Waals surface area contributed by atoms with E-state index in [4.69, 9.17) is 5.11 Å². The molecule has 0 atom stereocenters. The number of hydrogen-bond acceptors (Lipinski definition) is 2. The summed E-state index contributed by atoms with van der Waals surface area (Å²) in [6.45, 7) is 4.00. The van der Waals surface area contributed by atoms with E-state index in [1.54, 1.807) is 0 Å². The first kappa shape index (κ1) is 26.7. The second-order valence-corrected chi connectivity index (χ2v) is 5.17. The maximum Gasteiger partial charge on any atom is 0.0384 e. The van der Waals surface area contributed by atoms with Crippen LogP contribution in [0.1, 0.15) is 32.4 Å². The van der Waals surface area contributed by atoms with Gasteiger partial charge in [-0.3, -0.25) is 0 Å². The van der Waals surface area contributed by atoms with Crippen molar-refractivity contribution in [3.05, 3.63) is 96.1 Å². The molecule has 0 saturated carbocycles. The van der Waals surface area contributed by atoms with E-state index in [1.165, 1.54) is 11.1 Å². The molecule has 0 fully saturated rings. The van der Waals surface area contributed by atoms with Crippen LogP contribution in [0.25, 0.3) is 0 Å². The molecule has 3 radical (unpaired) electrons. The molecule has 2 N–H and O–H groups in total. The van der Waals surface area contributed by atoms with Crippen LogP contribution in [0.15, 0.2) is 84.9 Å². The van der Waals surface area contributed by atoms with Crippen molar-refractivity contribution < 1.29 is 5.11 Å². The lowest BCUT2D eigenvalue weighted by atomic mass is 10.0. The van der Waals surface area contributed by atoms with Crippen molar-refractivity contribution in [3.63, 3.8) is 0 Å². The predicted molar refractivity (Wildman–Crippen MR) is 122 cm³/mol. The Kier molecular flexibility index (Phi) is 16.7. The quantitative estimate of drug-likeness (QED) is 0.537. The average Bonchev–Trinajstić information content (AvgIpc) is 2.72. The number of nitrogens with one attached hydrogen (secondary N) is 1. The number of para-hydroxylation sites is 1. The minimum Gasteiger partial charge on any atom is -0.400 e. The molecule has 0 amide bonds. The third kappa shape index (κ3) is 10.3. The molecule has 0 saturated heterocycles. The van der Waals surface area contributed by atoms with E-state index in [0.29, 0.717) is 0 Å². The van der Waals surface area contributed by atoms with Gasteiger partial charge in [-0.2, -0.15) is 0 Å². The van der Waals surface area contributed by atoms with E-state index in [1.807, 2.05) is 32.0 Å². The molecule has 0 bridgehead atoms. The van der Waals surface area contributed by atoms with E-state index >= 15 is 0 Å². The van der Waals surface area contributed by atoms with Gasteiger partial charge in [-0.05, 0) is 48.2 Å². The first-order chi connectivity index (χ1) is 12.4. The number of anilines is 2. The third-order valence-electron chi connectivity index (χ3n) is 3.56. The van der Waals surface area contributed by atoms with Gasteiger partial charge in [-0.15, -0.1) is 0 Å². The van der Waals surface area contributed by atoms with Crippen molar-refractivity contribution in [3.8, 4) is 0 Å². The maximum atomic E-state index is 7.00. The summed E-state index contributed by atoms with van der Waals surface area (Å²) in [5, 5.41) is 10.4. The molecule has 2 nitrogen and oxygen atoms in total. The molecular formula is C24H33BNO. The first-order valence-electron chi connectivity index (χ1n) is 8.80. The van der Waals surface area contributed by atoms with E-state index in [-0.39, 0.29) is 15.8 Å². The van der Waals surface area contributed by atoms with Gasteiger partial charge >= 0.3 is 0 Å².